The summed E-state index contributed by atoms with van der Waals surface area (Å²) in [4.78, 5) is 22.6. The van der Waals surface area contributed by atoms with Crippen LogP contribution in [0.1, 0.15) is 21.6 Å². The molecule has 0 radical (unpaired) electrons. The van der Waals surface area contributed by atoms with E-state index in [2.05, 4.69) is 31.6 Å². The van der Waals surface area contributed by atoms with E-state index in [0.717, 1.165) is 29.9 Å². The van der Waals surface area contributed by atoms with Gasteiger partial charge in [0.2, 0.25) is 0 Å². The summed E-state index contributed by atoms with van der Waals surface area (Å²) in [6.07, 6.45) is 1.40. The van der Waals surface area contributed by atoms with Crippen LogP contribution in [0.15, 0.2) is 30.6 Å². The maximum atomic E-state index is 12.3. The Hall–Kier alpha value is -2.47. The van der Waals surface area contributed by atoms with Gasteiger partial charge in [0.05, 0.1) is 0 Å². The first-order valence-corrected chi connectivity index (χ1v) is 7.54. The first-order chi connectivity index (χ1) is 10.9. The molecule has 6 heteroatoms. The van der Waals surface area contributed by atoms with Crippen LogP contribution in [-0.2, 0) is 0 Å². The molecule has 2 rings (SSSR count). The van der Waals surface area contributed by atoms with Crippen molar-refractivity contribution in [1.82, 2.24) is 14.9 Å². The standard InChI is InChI=1S/C17H23N5O/c1-12-7-13(2)9-14(8-12)21-17(23)15-10-16(20-11-19-15)18-5-6-22(3)4/h7-11H,5-6H2,1-4H3,(H,21,23)(H,18,19,20). The number of anilines is 2. The van der Waals surface area contributed by atoms with Crippen molar-refractivity contribution >= 4 is 17.4 Å². The molecule has 0 unspecified atom stereocenters. The van der Waals surface area contributed by atoms with Gasteiger partial charge in [-0.05, 0) is 51.2 Å². The highest BCUT2D eigenvalue weighted by atomic mass is 16.1. The van der Waals surface area contributed by atoms with E-state index in [9.17, 15) is 4.79 Å². The van der Waals surface area contributed by atoms with E-state index in [-0.39, 0.29) is 5.91 Å². The van der Waals surface area contributed by atoms with E-state index in [1.807, 2.05) is 40.1 Å². The molecule has 0 aliphatic carbocycles. The van der Waals surface area contributed by atoms with Crippen LogP contribution in [0.4, 0.5) is 11.5 Å². The molecule has 0 aliphatic rings. The molecule has 1 aromatic heterocycles. The Morgan fingerprint density at radius 1 is 1.09 bits per heavy atom. The lowest BCUT2D eigenvalue weighted by Crippen LogP contribution is -2.21. The van der Waals surface area contributed by atoms with Crippen LogP contribution in [0.2, 0.25) is 0 Å². The predicted molar refractivity (Wildman–Crippen MR) is 92.9 cm³/mol. The van der Waals surface area contributed by atoms with Crippen molar-refractivity contribution in [2.24, 2.45) is 0 Å². The molecule has 2 N–H and O–H groups in total. The quantitative estimate of drug-likeness (QED) is 0.856. The Kier molecular flexibility index (Phi) is 5.65. The fraction of sp³-hybridized carbons (Fsp3) is 0.353. The summed E-state index contributed by atoms with van der Waals surface area (Å²) in [5.74, 6) is 0.403. The van der Waals surface area contributed by atoms with Gasteiger partial charge in [-0.1, -0.05) is 6.07 Å². The van der Waals surface area contributed by atoms with Crippen LogP contribution in [0.25, 0.3) is 0 Å². The SMILES string of the molecule is Cc1cc(C)cc(NC(=O)c2cc(NCCN(C)C)ncn2)c1. The third-order valence-corrected chi connectivity index (χ3v) is 3.24. The second kappa shape index (κ2) is 7.69. The number of nitrogens with one attached hydrogen (secondary N) is 2. The minimum Gasteiger partial charge on any atom is -0.369 e. The third-order valence-electron chi connectivity index (χ3n) is 3.24. The van der Waals surface area contributed by atoms with Gasteiger partial charge in [-0.3, -0.25) is 4.79 Å². The van der Waals surface area contributed by atoms with Crippen LogP contribution >= 0.6 is 0 Å². The van der Waals surface area contributed by atoms with Gasteiger partial charge in [0, 0.05) is 24.8 Å². The fourth-order valence-corrected chi connectivity index (χ4v) is 2.23. The van der Waals surface area contributed by atoms with Crippen molar-refractivity contribution in [3.8, 4) is 0 Å². The second-order valence-electron chi connectivity index (χ2n) is 5.85. The molecule has 122 valence electrons. The zero-order valence-electron chi connectivity index (χ0n) is 14.1. The van der Waals surface area contributed by atoms with Crippen molar-refractivity contribution in [2.45, 2.75) is 13.8 Å². The van der Waals surface area contributed by atoms with Gasteiger partial charge in [0.15, 0.2) is 0 Å². The number of rotatable bonds is 6. The van der Waals surface area contributed by atoms with Crippen molar-refractivity contribution in [3.05, 3.63) is 47.4 Å². The average molecular weight is 313 g/mol. The molecule has 2 aromatic rings. The van der Waals surface area contributed by atoms with Crippen LogP contribution in [0.3, 0.4) is 0 Å². The van der Waals surface area contributed by atoms with Crippen molar-refractivity contribution in [1.29, 1.82) is 0 Å². The minimum absolute atomic E-state index is 0.243. The highest BCUT2D eigenvalue weighted by Crippen LogP contribution is 2.15. The largest absolute Gasteiger partial charge is 0.369 e. The summed E-state index contributed by atoms with van der Waals surface area (Å²) in [6, 6.07) is 7.59. The molecule has 0 fully saturated rings. The minimum atomic E-state index is -0.243. The topological polar surface area (TPSA) is 70.2 Å². The number of aryl methyl sites for hydroxylation is 2. The van der Waals surface area contributed by atoms with E-state index in [1.54, 1.807) is 6.07 Å². The monoisotopic (exact) mass is 313 g/mol. The third kappa shape index (κ3) is 5.34. The van der Waals surface area contributed by atoms with Gasteiger partial charge in [-0.2, -0.15) is 0 Å². The Morgan fingerprint density at radius 3 is 2.43 bits per heavy atom. The van der Waals surface area contributed by atoms with Crippen LogP contribution in [0.5, 0.6) is 0 Å². The van der Waals surface area contributed by atoms with E-state index in [0.29, 0.717) is 11.5 Å². The molecule has 0 saturated carbocycles. The number of carbonyl (C=O) groups is 1. The summed E-state index contributed by atoms with van der Waals surface area (Å²) in [7, 11) is 4.01. The van der Waals surface area contributed by atoms with Crippen molar-refractivity contribution in [2.75, 3.05) is 37.8 Å². The van der Waals surface area contributed by atoms with Crippen LogP contribution < -0.4 is 10.6 Å². The first-order valence-electron chi connectivity index (χ1n) is 7.54. The maximum Gasteiger partial charge on any atom is 0.274 e. The lowest BCUT2D eigenvalue weighted by Gasteiger charge is -2.11. The highest BCUT2D eigenvalue weighted by molar-refractivity contribution is 6.03. The number of hydrogen-bond acceptors (Lipinski definition) is 5. The molecule has 0 saturated heterocycles. The lowest BCUT2D eigenvalue weighted by atomic mass is 10.1. The molecule has 6 nitrogen and oxygen atoms in total. The molecule has 1 amide bonds. The van der Waals surface area contributed by atoms with Gasteiger partial charge in [-0.25, -0.2) is 9.97 Å². The van der Waals surface area contributed by atoms with Gasteiger partial charge in [-0.15, -0.1) is 0 Å². The number of hydrogen-bond donors (Lipinski definition) is 2. The Balaban J connectivity index is 2.04. The zero-order valence-corrected chi connectivity index (χ0v) is 14.1. The number of carbonyl (C=O) groups excluding carboxylic acids is 1. The number of amides is 1. The smallest absolute Gasteiger partial charge is 0.274 e. The van der Waals surface area contributed by atoms with E-state index in [1.165, 1.54) is 6.33 Å². The number of nitrogens with zero attached hydrogens (tertiary/aromatic N) is 3. The van der Waals surface area contributed by atoms with E-state index < -0.39 is 0 Å². The first kappa shape index (κ1) is 16.9. The Labute approximate surface area is 137 Å². The number of likely N-dealkylation sites (N-methyl/N-ethyl adjacent to an activating group) is 1. The normalized spacial score (nSPS) is 10.7. The molecular weight excluding hydrogens is 290 g/mol. The Morgan fingerprint density at radius 2 is 1.78 bits per heavy atom. The van der Waals surface area contributed by atoms with Crippen molar-refractivity contribution in [3.63, 3.8) is 0 Å². The van der Waals surface area contributed by atoms with Crippen LogP contribution in [0, 0.1) is 13.8 Å². The zero-order chi connectivity index (χ0) is 16.8. The van der Waals surface area contributed by atoms with Gasteiger partial charge in [0.25, 0.3) is 5.91 Å². The molecule has 0 spiro atoms. The summed E-state index contributed by atoms with van der Waals surface area (Å²) < 4.78 is 0. The molecule has 0 aliphatic heterocycles. The van der Waals surface area contributed by atoms with Crippen LogP contribution in [-0.4, -0.2) is 48.0 Å². The molecule has 1 heterocycles. The highest BCUT2D eigenvalue weighted by Gasteiger charge is 2.09. The second-order valence-corrected chi connectivity index (χ2v) is 5.85. The summed E-state index contributed by atoms with van der Waals surface area (Å²) >= 11 is 0. The van der Waals surface area contributed by atoms with E-state index in [4.69, 9.17) is 0 Å². The van der Waals surface area contributed by atoms with Gasteiger partial charge >= 0.3 is 0 Å². The summed E-state index contributed by atoms with van der Waals surface area (Å²) in [5.41, 5.74) is 3.32. The van der Waals surface area contributed by atoms with Gasteiger partial charge < -0.3 is 15.5 Å². The van der Waals surface area contributed by atoms with Crippen molar-refractivity contribution < 1.29 is 4.79 Å². The molecule has 0 bridgehead atoms. The fourth-order valence-electron chi connectivity index (χ4n) is 2.23. The molecule has 23 heavy (non-hydrogen) atoms. The Bertz CT molecular complexity index is 664. The number of benzene rings is 1. The van der Waals surface area contributed by atoms with E-state index >= 15 is 0 Å². The maximum absolute atomic E-state index is 12.3. The summed E-state index contributed by atoms with van der Waals surface area (Å²) in [6.45, 7) is 5.64. The predicted octanol–water partition coefficient (Wildman–Crippen LogP) is 2.32. The molecule has 0 atom stereocenters. The average Bonchev–Trinajstić information content (AvgIpc) is 2.46. The summed E-state index contributed by atoms with van der Waals surface area (Å²) in [5, 5.41) is 6.06. The molecular formula is C17H23N5O. The number of aromatic nitrogens is 2. The van der Waals surface area contributed by atoms with Gasteiger partial charge in [0.1, 0.15) is 17.8 Å². The lowest BCUT2D eigenvalue weighted by molar-refractivity contribution is 0.102. The molecule has 1 aromatic carbocycles.